The van der Waals surface area contributed by atoms with Crippen molar-refractivity contribution in [1.29, 1.82) is 0 Å². The number of hydrogen-bond acceptors (Lipinski definition) is 0. The van der Waals surface area contributed by atoms with Crippen LogP contribution in [0.15, 0.2) is 60.7 Å². The van der Waals surface area contributed by atoms with Gasteiger partial charge in [-0.1, -0.05) is 60.7 Å². The average molecular weight is 203 g/mol. The summed E-state index contributed by atoms with van der Waals surface area (Å²) in [4.78, 5) is 0. The van der Waals surface area contributed by atoms with Crippen LogP contribution in [-0.2, 0) is 0 Å². The Bertz CT molecular complexity index is 656. The molecule has 0 saturated heterocycles. The smallest absolute Gasteiger partial charge is 0.0616 e. The first-order valence-corrected chi connectivity index (χ1v) is 5.57. The highest BCUT2D eigenvalue weighted by atomic mass is 14.2. The molecule has 0 N–H and O–H groups in total. The highest BCUT2D eigenvalue weighted by Crippen LogP contribution is 2.46. The Labute approximate surface area is 95.6 Å². The van der Waals surface area contributed by atoms with Crippen LogP contribution < -0.4 is 0 Å². The topological polar surface area (TPSA) is 0 Å². The lowest BCUT2D eigenvalue weighted by atomic mass is 10.0. The standard InChI is InChI=1S/C16H10/c1-2-8-13-12(7-1)14-9-3-5-11-6-4-10-15(13)16(11)14/h1-10H/p+1. The molecule has 0 saturated carbocycles. The second-order valence-electron chi connectivity index (χ2n) is 4.25. The fraction of sp³-hybridized carbons (Fsp3) is 0. The molecule has 0 unspecified atom stereocenters. The van der Waals surface area contributed by atoms with Gasteiger partial charge in [0.25, 0.3) is 0 Å². The lowest BCUT2D eigenvalue weighted by Crippen LogP contribution is -1.73. The van der Waals surface area contributed by atoms with E-state index in [4.69, 9.17) is 0 Å². The van der Waals surface area contributed by atoms with Crippen molar-refractivity contribution >= 4 is 10.8 Å². The molecule has 0 fully saturated rings. The first-order valence-electron chi connectivity index (χ1n) is 5.57. The van der Waals surface area contributed by atoms with Crippen LogP contribution >= 0.6 is 0 Å². The van der Waals surface area contributed by atoms with Gasteiger partial charge >= 0.3 is 1.43 Å². The average Bonchev–Trinajstić information content (AvgIpc) is 2.68. The highest BCUT2D eigenvalue weighted by Gasteiger charge is 2.19. The van der Waals surface area contributed by atoms with Crippen LogP contribution in [-0.4, -0.2) is 0 Å². The van der Waals surface area contributed by atoms with Crippen molar-refractivity contribution in [2.45, 2.75) is 0 Å². The molecule has 4 rings (SSSR count). The molecule has 0 heteroatoms. The zero-order valence-corrected chi connectivity index (χ0v) is 8.77. The van der Waals surface area contributed by atoms with Crippen molar-refractivity contribution in [3.05, 3.63) is 60.7 Å². The summed E-state index contributed by atoms with van der Waals surface area (Å²) in [5, 5.41) is 2.75. The first kappa shape index (κ1) is 8.12. The molecule has 0 bridgehead atoms. The van der Waals surface area contributed by atoms with E-state index < -0.39 is 0 Å². The van der Waals surface area contributed by atoms with Crippen molar-refractivity contribution in [2.24, 2.45) is 0 Å². The maximum absolute atomic E-state index is 2.22. The van der Waals surface area contributed by atoms with Crippen LogP contribution in [0.1, 0.15) is 1.43 Å². The highest BCUT2D eigenvalue weighted by molar-refractivity contribution is 6.15. The zero-order valence-electron chi connectivity index (χ0n) is 9.77. The molecule has 16 heavy (non-hydrogen) atoms. The Morgan fingerprint density at radius 1 is 0.500 bits per heavy atom. The second-order valence-corrected chi connectivity index (χ2v) is 4.25. The summed E-state index contributed by atoms with van der Waals surface area (Å²) in [6.45, 7) is 0. The van der Waals surface area contributed by atoms with Gasteiger partial charge in [0.2, 0.25) is 0 Å². The van der Waals surface area contributed by atoms with E-state index in [0.717, 1.165) is 0 Å². The second kappa shape index (κ2) is 2.73. The molecule has 0 spiro atoms. The van der Waals surface area contributed by atoms with Crippen molar-refractivity contribution in [3.63, 3.8) is 0 Å². The molecule has 3 aromatic carbocycles. The van der Waals surface area contributed by atoms with Gasteiger partial charge in [0, 0.05) is 0 Å². The van der Waals surface area contributed by atoms with Gasteiger partial charge in [0.1, 0.15) is 0 Å². The minimum atomic E-state index is 0. The minimum Gasteiger partial charge on any atom is -0.0616 e. The molecule has 0 nitrogen and oxygen atoms in total. The predicted octanol–water partition coefficient (Wildman–Crippen LogP) is 4.60. The van der Waals surface area contributed by atoms with E-state index in [9.17, 15) is 0 Å². The molecular weight excluding hydrogens is 192 g/mol. The van der Waals surface area contributed by atoms with Crippen LogP contribution in [0.5, 0.6) is 0 Å². The normalized spacial score (nSPS) is 11.8. The van der Waals surface area contributed by atoms with Gasteiger partial charge in [-0.2, -0.15) is 0 Å². The monoisotopic (exact) mass is 203 g/mol. The van der Waals surface area contributed by atoms with E-state index in [-0.39, 0.29) is 1.43 Å². The molecule has 0 radical (unpaired) electrons. The number of rotatable bonds is 0. The molecule has 74 valence electrons. The Kier molecular flexibility index (Phi) is 1.39. The van der Waals surface area contributed by atoms with Gasteiger partial charge in [0.05, 0.1) is 0 Å². The number of benzene rings is 3. The van der Waals surface area contributed by atoms with E-state index in [0.29, 0.717) is 0 Å². The summed E-state index contributed by atoms with van der Waals surface area (Å²) in [6, 6.07) is 21.8. The molecule has 1 aliphatic carbocycles. The van der Waals surface area contributed by atoms with E-state index in [1.807, 2.05) is 0 Å². The predicted molar refractivity (Wildman–Crippen MR) is 69.5 cm³/mol. The van der Waals surface area contributed by atoms with Crippen LogP contribution in [0.4, 0.5) is 0 Å². The fourth-order valence-corrected chi connectivity index (χ4v) is 2.74. The Morgan fingerprint density at radius 2 is 1.00 bits per heavy atom. The molecule has 0 atom stereocenters. The summed E-state index contributed by atoms with van der Waals surface area (Å²) in [5.41, 5.74) is 5.50. The van der Waals surface area contributed by atoms with E-state index in [1.54, 1.807) is 0 Å². The summed E-state index contributed by atoms with van der Waals surface area (Å²) in [7, 11) is 0. The summed E-state index contributed by atoms with van der Waals surface area (Å²) >= 11 is 0. The first-order chi connectivity index (χ1) is 7.95. The van der Waals surface area contributed by atoms with E-state index >= 15 is 0 Å². The minimum absolute atomic E-state index is 0. The van der Waals surface area contributed by atoms with Crippen LogP contribution in [0.25, 0.3) is 33.0 Å². The third kappa shape index (κ3) is 0.849. The Hall–Kier alpha value is -2.08. The van der Waals surface area contributed by atoms with Crippen molar-refractivity contribution in [3.8, 4) is 22.3 Å². The lowest BCUT2D eigenvalue weighted by Gasteiger charge is -2.00. The van der Waals surface area contributed by atoms with Crippen LogP contribution in [0.2, 0.25) is 0 Å². The molecular formula is C16H11+. The Balaban J connectivity index is 0.000000902. The Morgan fingerprint density at radius 3 is 1.56 bits per heavy atom. The lowest BCUT2D eigenvalue weighted by molar-refractivity contribution is 1.70. The van der Waals surface area contributed by atoms with Gasteiger partial charge in [0.15, 0.2) is 0 Å². The molecule has 3 aromatic rings. The largest absolute Gasteiger partial charge is 1.00 e. The molecule has 0 aliphatic heterocycles. The van der Waals surface area contributed by atoms with E-state index in [1.165, 1.54) is 33.0 Å². The van der Waals surface area contributed by atoms with Gasteiger partial charge < -0.3 is 0 Å². The van der Waals surface area contributed by atoms with Crippen molar-refractivity contribution in [1.82, 2.24) is 0 Å². The van der Waals surface area contributed by atoms with Gasteiger partial charge in [-0.15, -0.1) is 0 Å². The van der Waals surface area contributed by atoms with Crippen LogP contribution in [0.3, 0.4) is 0 Å². The zero-order chi connectivity index (χ0) is 10.5. The maximum Gasteiger partial charge on any atom is 1.00 e. The molecule has 0 heterocycles. The summed E-state index contributed by atoms with van der Waals surface area (Å²) in [5.74, 6) is 0. The fourth-order valence-electron chi connectivity index (χ4n) is 2.74. The van der Waals surface area contributed by atoms with Crippen molar-refractivity contribution < 1.29 is 1.43 Å². The molecule has 0 amide bonds. The third-order valence-electron chi connectivity index (χ3n) is 3.41. The van der Waals surface area contributed by atoms with Crippen molar-refractivity contribution in [2.75, 3.05) is 0 Å². The summed E-state index contributed by atoms with van der Waals surface area (Å²) < 4.78 is 0. The number of fused-ring (bicyclic) bond motifs is 3. The third-order valence-corrected chi connectivity index (χ3v) is 3.41. The quantitative estimate of drug-likeness (QED) is 0.392. The van der Waals surface area contributed by atoms with Crippen LogP contribution in [0, 0.1) is 0 Å². The van der Waals surface area contributed by atoms with Gasteiger partial charge in [-0.05, 0) is 33.0 Å². The van der Waals surface area contributed by atoms with Gasteiger partial charge in [-0.3, -0.25) is 0 Å². The van der Waals surface area contributed by atoms with E-state index in [2.05, 4.69) is 60.7 Å². The molecule has 1 aliphatic rings. The number of hydrogen-bond donors (Lipinski definition) is 0. The van der Waals surface area contributed by atoms with Gasteiger partial charge in [-0.25, -0.2) is 0 Å². The maximum atomic E-state index is 2.22. The SMILES string of the molecule is [H+].c1ccc2c(c1)-c1cccc3cccc-2c13. The summed E-state index contributed by atoms with van der Waals surface area (Å²) in [6.07, 6.45) is 0. The molecule has 0 aromatic heterocycles.